The van der Waals surface area contributed by atoms with Gasteiger partial charge in [-0.3, -0.25) is 0 Å². The molecular weight excluding hydrogens is 327 g/mol. The molecule has 1 N–H and O–H groups in total. The van der Waals surface area contributed by atoms with Crippen molar-refractivity contribution in [2.75, 3.05) is 7.11 Å². The van der Waals surface area contributed by atoms with Crippen molar-refractivity contribution in [1.82, 2.24) is 4.98 Å². The number of pyridine rings is 1. The van der Waals surface area contributed by atoms with E-state index >= 15 is 0 Å². The Morgan fingerprint density at radius 1 is 1.16 bits per heavy atom. The summed E-state index contributed by atoms with van der Waals surface area (Å²) in [5.74, 6) is -0.843. The second-order valence-corrected chi connectivity index (χ2v) is 5.02. The number of rotatable bonds is 3. The number of benzene rings is 2. The van der Waals surface area contributed by atoms with Gasteiger partial charge < -0.3 is 14.6 Å². The van der Waals surface area contributed by atoms with Gasteiger partial charge in [-0.05, 0) is 42.5 Å². The fourth-order valence-corrected chi connectivity index (χ4v) is 2.30. The Bertz CT molecular complexity index is 1010. The quantitative estimate of drug-likeness (QED) is 0.735. The Labute approximate surface area is 141 Å². The van der Waals surface area contributed by atoms with E-state index in [2.05, 4.69) is 9.72 Å². The molecule has 7 heteroatoms. The van der Waals surface area contributed by atoms with Crippen LogP contribution in [0.1, 0.15) is 16.2 Å². The second kappa shape index (κ2) is 6.45. The first-order valence-electron chi connectivity index (χ1n) is 7.12. The summed E-state index contributed by atoms with van der Waals surface area (Å²) in [6, 6.07) is 11.9. The predicted octanol–water partition coefficient (Wildman–Crippen LogP) is 3.53. The number of halogens is 1. The molecule has 3 aromatic rings. The summed E-state index contributed by atoms with van der Waals surface area (Å²) in [4.78, 5) is 15.5. The fourth-order valence-electron chi connectivity index (χ4n) is 2.30. The minimum absolute atomic E-state index is 0.0576. The number of fused-ring (bicyclic) bond motifs is 1. The molecule has 0 aliphatic carbocycles. The van der Waals surface area contributed by atoms with Crippen LogP contribution in [-0.4, -0.2) is 23.2 Å². The number of hydrogen-bond donors (Lipinski definition) is 1. The van der Waals surface area contributed by atoms with E-state index in [1.54, 1.807) is 6.07 Å². The average molecular weight is 338 g/mol. The first kappa shape index (κ1) is 16.2. The minimum Gasteiger partial charge on any atom is -0.505 e. The molecule has 0 bridgehead atoms. The zero-order chi connectivity index (χ0) is 18.0. The third-order valence-corrected chi connectivity index (χ3v) is 3.48. The summed E-state index contributed by atoms with van der Waals surface area (Å²) in [7, 11) is 1.15. The summed E-state index contributed by atoms with van der Waals surface area (Å²) < 4.78 is 23.1. The van der Waals surface area contributed by atoms with Crippen molar-refractivity contribution < 1.29 is 23.8 Å². The Balaban J connectivity index is 2.09. The molecule has 25 heavy (non-hydrogen) atoms. The maximum absolute atomic E-state index is 12.9. The number of nitrogens with zero attached hydrogens (tertiary/aromatic N) is 2. The van der Waals surface area contributed by atoms with Crippen LogP contribution in [0.4, 0.5) is 4.39 Å². The SMILES string of the molecule is COC(=O)c1nc(C#N)c2cc(Oc3ccc(F)cc3)ccc2c1O. The minimum atomic E-state index is -0.845. The van der Waals surface area contributed by atoms with E-state index in [4.69, 9.17) is 4.74 Å². The maximum atomic E-state index is 12.9. The van der Waals surface area contributed by atoms with Crippen molar-refractivity contribution in [2.24, 2.45) is 0 Å². The van der Waals surface area contributed by atoms with Crippen LogP contribution in [0.5, 0.6) is 17.2 Å². The van der Waals surface area contributed by atoms with Crippen molar-refractivity contribution in [3.63, 3.8) is 0 Å². The lowest BCUT2D eigenvalue weighted by Gasteiger charge is -2.10. The molecule has 3 rings (SSSR count). The lowest BCUT2D eigenvalue weighted by atomic mass is 10.1. The fraction of sp³-hybridized carbons (Fsp3) is 0.0556. The molecule has 2 aromatic carbocycles. The number of nitriles is 1. The lowest BCUT2D eigenvalue weighted by Crippen LogP contribution is -2.06. The number of carbonyl (C=O) groups is 1. The molecule has 1 heterocycles. The highest BCUT2D eigenvalue weighted by atomic mass is 19.1. The van der Waals surface area contributed by atoms with E-state index < -0.39 is 5.97 Å². The van der Waals surface area contributed by atoms with Crippen LogP contribution in [0.25, 0.3) is 10.8 Å². The van der Waals surface area contributed by atoms with E-state index in [0.717, 1.165) is 7.11 Å². The summed E-state index contributed by atoms with van der Waals surface area (Å²) in [5, 5.41) is 20.1. The Morgan fingerprint density at radius 3 is 2.48 bits per heavy atom. The van der Waals surface area contributed by atoms with Crippen LogP contribution in [0.15, 0.2) is 42.5 Å². The predicted molar refractivity (Wildman–Crippen MR) is 85.9 cm³/mol. The summed E-state index contributed by atoms with van der Waals surface area (Å²) in [5.41, 5.74) is -0.392. The van der Waals surface area contributed by atoms with Crippen LogP contribution in [0.2, 0.25) is 0 Å². The Kier molecular flexibility index (Phi) is 4.18. The molecule has 6 nitrogen and oxygen atoms in total. The van der Waals surface area contributed by atoms with Gasteiger partial charge in [-0.2, -0.15) is 5.26 Å². The number of carbonyl (C=O) groups excluding carboxylic acids is 1. The zero-order valence-electron chi connectivity index (χ0n) is 13.0. The summed E-state index contributed by atoms with van der Waals surface area (Å²) in [6.07, 6.45) is 0. The second-order valence-electron chi connectivity index (χ2n) is 5.02. The first-order chi connectivity index (χ1) is 12.0. The third kappa shape index (κ3) is 3.05. The van der Waals surface area contributed by atoms with Crippen LogP contribution in [0, 0.1) is 17.1 Å². The molecule has 0 radical (unpaired) electrons. The molecule has 0 fully saturated rings. The van der Waals surface area contributed by atoms with Crippen molar-refractivity contribution in [3.8, 4) is 23.3 Å². The molecule has 0 atom stereocenters. The number of aromatic hydroxyl groups is 1. The normalized spacial score (nSPS) is 10.3. The average Bonchev–Trinajstić information content (AvgIpc) is 2.63. The van der Waals surface area contributed by atoms with Crippen LogP contribution in [-0.2, 0) is 4.74 Å². The van der Waals surface area contributed by atoms with Crippen LogP contribution < -0.4 is 4.74 Å². The van der Waals surface area contributed by atoms with E-state index in [9.17, 15) is 19.6 Å². The van der Waals surface area contributed by atoms with Crippen molar-refractivity contribution in [1.29, 1.82) is 5.26 Å². The van der Waals surface area contributed by atoms with Gasteiger partial charge in [0.1, 0.15) is 29.1 Å². The molecule has 124 valence electrons. The van der Waals surface area contributed by atoms with Gasteiger partial charge >= 0.3 is 5.97 Å². The molecule has 0 unspecified atom stereocenters. The molecule has 0 saturated carbocycles. The van der Waals surface area contributed by atoms with Gasteiger partial charge in [-0.25, -0.2) is 14.2 Å². The Morgan fingerprint density at radius 2 is 1.84 bits per heavy atom. The highest BCUT2D eigenvalue weighted by Crippen LogP contribution is 2.33. The largest absolute Gasteiger partial charge is 0.505 e. The maximum Gasteiger partial charge on any atom is 0.360 e. The van der Waals surface area contributed by atoms with Crippen molar-refractivity contribution >= 4 is 16.7 Å². The van der Waals surface area contributed by atoms with Gasteiger partial charge in [-0.1, -0.05) is 0 Å². The number of aromatic nitrogens is 1. The van der Waals surface area contributed by atoms with Gasteiger partial charge in [0.25, 0.3) is 0 Å². The van der Waals surface area contributed by atoms with Crippen molar-refractivity contribution in [2.45, 2.75) is 0 Å². The number of methoxy groups -OCH3 is 1. The number of ether oxygens (including phenoxy) is 2. The van der Waals surface area contributed by atoms with Crippen LogP contribution >= 0.6 is 0 Å². The monoisotopic (exact) mass is 338 g/mol. The van der Waals surface area contributed by atoms with E-state index in [0.29, 0.717) is 16.9 Å². The van der Waals surface area contributed by atoms with Crippen molar-refractivity contribution in [3.05, 3.63) is 59.7 Å². The topological polar surface area (TPSA) is 92.4 Å². The van der Waals surface area contributed by atoms with Gasteiger partial charge in [0.2, 0.25) is 0 Å². The van der Waals surface area contributed by atoms with Gasteiger partial charge in [0.05, 0.1) is 7.11 Å². The first-order valence-corrected chi connectivity index (χ1v) is 7.12. The highest BCUT2D eigenvalue weighted by Gasteiger charge is 2.20. The number of esters is 1. The molecule has 0 spiro atoms. The molecule has 1 aromatic heterocycles. The molecule has 0 aliphatic rings. The Hall–Kier alpha value is -3.66. The smallest absolute Gasteiger partial charge is 0.360 e. The van der Waals surface area contributed by atoms with Crippen LogP contribution in [0.3, 0.4) is 0 Å². The van der Waals surface area contributed by atoms with Gasteiger partial charge in [-0.15, -0.1) is 0 Å². The standard InChI is InChI=1S/C18H11FN2O4/c1-24-18(23)16-17(22)13-7-6-12(8-14(13)15(9-20)21-16)25-11-4-2-10(19)3-5-11/h2-8,22H,1H3. The van der Waals surface area contributed by atoms with Gasteiger partial charge in [0, 0.05) is 10.8 Å². The van der Waals surface area contributed by atoms with E-state index in [1.165, 1.54) is 36.4 Å². The van der Waals surface area contributed by atoms with E-state index in [-0.39, 0.29) is 28.3 Å². The molecular formula is C18H11FN2O4. The van der Waals surface area contributed by atoms with E-state index in [1.807, 2.05) is 6.07 Å². The zero-order valence-corrected chi connectivity index (χ0v) is 13.0. The molecule has 0 saturated heterocycles. The summed E-state index contributed by atoms with van der Waals surface area (Å²) >= 11 is 0. The summed E-state index contributed by atoms with van der Waals surface area (Å²) in [6.45, 7) is 0. The third-order valence-electron chi connectivity index (χ3n) is 3.48. The van der Waals surface area contributed by atoms with Gasteiger partial charge in [0.15, 0.2) is 11.4 Å². The highest BCUT2D eigenvalue weighted by molar-refractivity contribution is 6.01. The number of hydrogen-bond acceptors (Lipinski definition) is 6. The lowest BCUT2D eigenvalue weighted by molar-refractivity contribution is 0.0590. The molecule has 0 aliphatic heterocycles. The molecule has 0 amide bonds.